The number of hydrogen-bond donors (Lipinski definition) is 0. The highest BCUT2D eigenvalue weighted by molar-refractivity contribution is 6.17. The van der Waals surface area contributed by atoms with Crippen LogP contribution in [0, 0.1) is 17.5 Å². The number of hydrogen-bond acceptors (Lipinski definition) is 1. The summed E-state index contributed by atoms with van der Waals surface area (Å²) in [5.74, 6) is -2.20. The molecule has 0 aliphatic carbocycles. The molecule has 0 spiro atoms. The molecule has 0 atom stereocenters. The SMILES string of the molecule is Fc1cccc(-n2c(CCl)nc3ccc(F)c(F)c32)c1. The predicted molar refractivity (Wildman–Crippen MR) is 70.5 cm³/mol. The standard InChI is InChI=1S/C14H8ClF3N2/c15-7-12-19-11-5-4-10(17)13(18)14(11)20(12)9-3-1-2-8(16)6-9/h1-6H,7H2. The molecule has 0 amide bonds. The van der Waals surface area contributed by atoms with E-state index in [0.717, 1.165) is 6.07 Å². The Labute approximate surface area is 117 Å². The van der Waals surface area contributed by atoms with Gasteiger partial charge in [-0.3, -0.25) is 4.57 Å². The minimum Gasteiger partial charge on any atom is -0.292 e. The van der Waals surface area contributed by atoms with E-state index in [1.54, 1.807) is 6.07 Å². The van der Waals surface area contributed by atoms with Gasteiger partial charge in [0.05, 0.1) is 17.1 Å². The van der Waals surface area contributed by atoms with E-state index in [1.165, 1.54) is 28.8 Å². The van der Waals surface area contributed by atoms with Crippen molar-refractivity contribution in [3.8, 4) is 5.69 Å². The Bertz CT molecular complexity index is 798. The fraction of sp³-hybridized carbons (Fsp3) is 0.0714. The van der Waals surface area contributed by atoms with Gasteiger partial charge in [0.1, 0.15) is 17.2 Å². The van der Waals surface area contributed by atoms with Crippen molar-refractivity contribution >= 4 is 22.6 Å². The Morgan fingerprint density at radius 1 is 1.10 bits per heavy atom. The zero-order valence-electron chi connectivity index (χ0n) is 10.1. The van der Waals surface area contributed by atoms with Crippen LogP contribution in [0.1, 0.15) is 5.82 Å². The van der Waals surface area contributed by atoms with Crippen LogP contribution < -0.4 is 0 Å². The number of fused-ring (bicyclic) bond motifs is 1. The van der Waals surface area contributed by atoms with Crippen molar-refractivity contribution in [2.75, 3.05) is 0 Å². The van der Waals surface area contributed by atoms with Gasteiger partial charge < -0.3 is 0 Å². The molecule has 0 aliphatic rings. The number of imidazole rings is 1. The van der Waals surface area contributed by atoms with Crippen LogP contribution in [-0.4, -0.2) is 9.55 Å². The normalized spacial score (nSPS) is 11.2. The third kappa shape index (κ3) is 1.94. The third-order valence-corrected chi connectivity index (χ3v) is 3.20. The lowest BCUT2D eigenvalue weighted by Gasteiger charge is -2.08. The van der Waals surface area contributed by atoms with E-state index >= 15 is 0 Å². The van der Waals surface area contributed by atoms with E-state index in [1.807, 2.05) is 0 Å². The molecule has 3 rings (SSSR count). The molecule has 1 heterocycles. The molecule has 0 N–H and O–H groups in total. The van der Waals surface area contributed by atoms with Crippen molar-refractivity contribution < 1.29 is 13.2 Å². The van der Waals surface area contributed by atoms with E-state index in [-0.39, 0.29) is 16.9 Å². The Morgan fingerprint density at radius 3 is 2.60 bits per heavy atom. The monoisotopic (exact) mass is 296 g/mol. The number of benzene rings is 2. The Hall–Kier alpha value is -2.01. The van der Waals surface area contributed by atoms with Gasteiger partial charge in [0, 0.05) is 0 Å². The van der Waals surface area contributed by atoms with Gasteiger partial charge in [0.25, 0.3) is 0 Å². The van der Waals surface area contributed by atoms with E-state index in [9.17, 15) is 13.2 Å². The van der Waals surface area contributed by atoms with Crippen molar-refractivity contribution in [2.24, 2.45) is 0 Å². The summed E-state index contributed by atoms with van der Waals surface area (Å²) in [5, 5.41) is 0. The lowest BCUT2D eigenvalue weighted by Crippen LogP contribution is -2.01. The van der Waals surface area contributed by atoms with Crippen molar-refractivity contribution in [1.29, 1.82) is 0 Å². The highest BCUT2D eigenvalue weighted by atomic mass is 35.5. The lowest BCUT2D eigenvalue weighted by atomic mass is 10.2. The second kappa shape index (κ2) is 4.83. The molecule has 0 radical (unpaired) electrons. The summed E-state index contributed by atoms with van der Waals surface area (Å²) >= 11 is 5.79. The van der Waals surface area contributed by atoms with Crippen LogP contribution in [-0.2, 0) is 5.88 Å². The second-order valence-corrected chi connectivity index (χ2v) is 4.47. The Kier molecular flexibility index (Phi) is 3.14. The van der Waals surface area contributed by atoms with Gasteiger partial charge >= 0.3 is 0 Å². The maximum atomic E-state index is 14.0. The molecule has 3 aromatic rings. The summed E-state index contributed by atoms with van der Waals surface area (Å²) in [6, 6.07) is 7.88. The first-order valence-corrected chi connectivity index (χ1v) is 6.32. The topological polar surface area (TPSA) is 17.8 Å². The van der Waals surface area contributed by atoms with Crippen molar-refractivity contribution in [2.45, 2.75) is 5.88 Å². The van der Waals surface area contributed by atoms with Crippen LogP contribution in [0.2, 0.25) is 0 Å². The van der Waals surface area contributed by atoms with Gasteiger partial charge in [-0.1, -0.05) is 6.07 Å². The molecule has 20 heavy (non-hydrogen) atoms. The van der Waals surface area contributed by atoms with Gasteiger partial charge in [-0.25, -0.2) is 18.2 Å². The molecule has 1 aromatic heterocycles. The van der Waals surface area contributed by atoms with Crippen LogP contribution in [0.3, 0.4) is 0 Å². The first kappa shape index (κ1) is 13.0. The number of aromatic nitrogens is 2. The first-order chi connectivity index (χ1) is 9.61. The first-order valence-electron chi connectivity index (χ1n) is 5.79. The highest BCUT2D eigenvalue weighted by Gasteiger charge is 2.18. The van der Waals surface area contributed by atoms with Crippen molar-refractivity contribution in [3.63, 3.8) is 0 Å². The van der Waals surface area contributed by atoms with Crippen LogP contribution in [0.25, 0.3) is 16.7 Å². The minimum atomic E-state index is -1.03. The second-order valence-electron chi connectivity index (χ2n) is 4.21. The predicted octanol–water partition coefficient (Wildman–Crippen LogP) is 4.18. The molecular weight excluding hydrogens is 289 g/mol. The largest absolute Gasteiger partial charge is 0.292 e. The molecule has 0 fully saturated rings. The average Bonchev–Trinajstić information content (AvgIpc) is 2.82. The summed E-state index contributed by atoms with van der Waals surface area (Å²) in [6.45, 7) is 0. The van der Waals surface area contributed by atoms with Crippen molar-refractivity contribution in [3.05, 3.63) is 59.7 Å². The summed E-state index contributed by atoms with van der Waals surface area (Å²) in [6.07, 6.45) is 0. The Balaban J connectivity index is 2.41. The minimum absolute atomic E-state index is 0.00769. The van der Waals surface area contributed by atoms with Crippen LogP contribution in [0.5, 0.6) is 0 Å². The molecule has 0 saturated heterocycles. The molecular formula is C14H8ClF3N2. The van der Waals surface area contributed by atoms with Crippen LogP contribution in [0.15, 0.2) is 36.4 Å². The van der Waals surface area contributed by atoms with Crippen LogP contribution in [0.4, 0.5) is 13.2 Å². The summed E-state index contributed by atoms with van der Waals surface area (Å²) in [5.41, 5.74) is 0.558. The van der Waals surface area contributed by atoms with Gasteiger partial charge in [0.15, 0.2) is 11.6 Å². The molecule has 2 nitrogen and oxygen atoms in total. The maximum absolute atomic E-state index is 14.0. The van der Waals surface area contributed by atoms with Gasteiger partial charge in [0.2, 0.25) is 0 Å². The lowest BCUT2D eigenvalue weighted by molar-refractivity contribution is 0.514. The van der Waals surface area contributed by atoms with Gasteiger partial charge in [-0.05, 0) is 30.3 Å². The highest BCUT2D eigenvalue weighted by Crippen LogP contribution is 2.26. The molecule has 0 unspecified atom stereocenters. The summed E-state index contributed by atoms with van der Waals surface area (Å²) in [4.78, 5) is 4.14. The number of nitrogens with zero attached hydrogens (tertiary/aromatic N) is 2. The molecule has 102 valence electrons. The number of alkyl halides is 1. The van der Waals surface area contributed by atoms with E-state index in [2.05, 4.69) is 4.98 Å². The fourth-order valence-electron chi connectivity index (χ4n) is 2.13. The smallest absolute Gasteiger partial charge is 0.185 e. The number of halogens is 4. The summed E-state index contributed by atoms with van der Waals surface area (Å²) < 4.78 is 42.1. The van der Waals surface area contributed by atoms with E-state index < -0.39 is 17.5 Å². The molecule has 0 bridgehead atoms. The van der Waals surface area contributed by atoms with Gasteiger partial charge in [-0.15, -0.1) is 11.6 Å². The average molecular weight is 297 g/mol. The molecule has 2 aromatic carbocycles. The Morgan fingerprint density at radius 2 is 1.90 bits per heavy atom. The maximum Gasteiger partial charge on any atom is 0.185 e. The van der Waals surface area contributed by atoms with Crippen molar-refractivity contribution in [1.82, 2.24) is 9.55 Å². The zero-order valence-corrected chi connectivity index (χ0v) is 10.8. The summed E-state index contributed by atoms with van der Waals surface area (Å²) in [7, 11) is 0. The third-order valence-electron chi connectivity index (χ3n) is 2.96. The zero-order chi connectivity index (χ0) is 14.3. The van der Waals surface area contributed by atoms with Crippen LogP contribution >= 0.6 is 11.6 Å². The molecule has 6 heteroatoms. The quantitative estimate of drug-likeness (QED) is 0.649. The van der Waals surface area contributed by atoms with E-state index in [0.29, 0.717) is 11.5 Å². The fourth-order valence-corrected chi connectivity index (χ4v) is 2.31. The van der Waals surface area contributed by atoms with Gasteiger partial charge in [-0.2, -0.15) is 0 Å². The van der Waals surface area contributed by atoms with E-state index in [4.69, 9.17) is 11.6 Å². The molecule has 0 aliphatic heterocycles. The molecule has 0 saturated carbocycles. The number of rotatable bonds is 2.